The van der Waals surface area contributed by atoms with Gasteiger partial charge in [-0.05, 0) is 30.7 Å². The van der Waals surface area contributed by atoms with Gasteiger partial charge in [-0.3, -0.25) is 4.79 Å². The molecule has 0 radical (unpaired) electrons. The van der Waals surface area contributed by atoms with Gasteiger partial charge in [0.1, 0.15) is 16.7 Å². The van der Waals surface area contributed by atoms with Crippen molar-refractivity contribution in [1.82, 2.24) is 9.97 Å². The molecule has 0 saturated heterocycles. The molecule has 0 aliphatic heterocycles. The van der Waals surface area contributed by atoms with Gasteiger partial charge < -0.3 is 16.8 Å². The summed E-state index contributed by atoms with van der Waals surface area (Å²) in [6.07, 6.45) is -2.20. The second kappa shape index (κ2) is 12.7. The van der Waals surface area contributed by atoms with Gasteiger partial charge in [0, 0.05) is 12.8 Å². The lowest BCUT2D eigenvalue weighted by molar-refractivity contribution is -0.485. The minimum absolute atomic E-state index is 0.0196. The number of nitrogen functional groups attached to an aromatic ring is 1. The summed E-state index contributed by atoms with van der Waals surface area (Å²) in [5.41, 5.74) is 10.6. The first-order chi connectivity index (χ1) is 16.9. The molecule has 192 valence electrons. The molecule has 1 heterocycles. The number of nitrogens with two attached hydrogens (primary N) is 2. The number of ketones is 1. The zero-order chi connectivity index (χ0) is 26.9. The Bertz CT molecular complexity index is 1180. The number of anilines is 2. The molecule has 11 nitrogen and oxygen atoms in total. The monoisotopic (exact) mass is 524 g/mol. The Hall–Kier alpha value is -3.93. The predicted molar refractivity (Wildman–Crippen MR) is 128 cm³/mol. The van der Waals surface area contributed by atoms with Crippen LogP contribution in [0.1, 0.15) is 42.4 Å². The fraction of sp³-hybridized carbons (Fsp3) is 0.381. The number of carbonyl (C=O) groups excluding carboxylic acids is 1. The Morgan fingerprint density at radius 3 is 2.69 bits per heavy atom. The normalized spacial score (nSPS) is 12.6. The Morgan fingerprint density at radius 1 is 1.36 bits per heavy atom. The van der Waals surface area contributed by atoms with E-state index in [2.05, 4.69) is 20.4 Å². The SMILES string of the molecule is CSc1nc(N)nc(N[C@@H](CCCC/C(N)=N/[N+](=O)[O-])C(=O)Cc2cccc(C(F)(F)F)c2)c1C#N. The van der Waals surface area contributed by atoms with Crippen LogP contribution >= 0.6 is 11.8 Å². The van der Waals surface area contributed by atoms with Gasteiger partial charge in [-0.15, -0.1) is 11.8 Å². The summed E-state index contributed by atoms with van der Waals surface area (Å²) in [5, 5.41) is 25.2. The molecule has 2 rings (SSSR count). The number of hydrogen-bond donors (Lipinski definition) is 3. The Balaban J connectivity index is 2.27. The van der Waals surface area contributed by atoms with Gasteiger partial charge in [0.25, 0.3) is 0 Å². The lowest BCUT2D eigenvalue weighted by Crippen LogP contribution is -2.32. The minimum Gasteiger partial charge on any atom is -0.382 e. The molecule has 0 amide bonds. The standard InChI is InChI=1S/C21H23F3N8O3S/c1-36-19-14(11-25)18(29-20(27)30-19)28-15(7-2-3-8-17(26)31-32(34)35)16(33)10-12-5-4-6-13(9-12)21(22,23)24/h4-6,9,15H,2-3,7-8,10H2,1H3,(H2,26,31)(H3,27,28,29,30)/t15-/m0/s1. The molecule has 1 atom stereocenters. The van der Waals surface area contributed by atoms with E-state index in [0.29, 0.717) is 17.9 Å². The van der Waals surface area contributed by atoms with Crippen LogP contribution in [0.2, 0.25) is 0 Å². The minimum atomic E-state index is -4.56. The first-order valence-corrected chi connectivity index (χ1v) is 11.7. The fourth-order valence-corrected chi connectivity index (χ4v) is 3.81. The maximum absolute atomic E-state index is 13.1. The van der Waals surface area contributed by atoms with E-state index in [4.69, 9.17) is 11.5 Å². The highest BCUT2D eigenvalue weighted by atomic mass is 32.2. The number of alkyl halides is 3. The van der Waals surface area contributed by atoms with E-state index in [1.54, 1.807) is 6.26 Å². The third-order valence-corrected chi connectivity index (χ3v) is 5.60. The lowest BCUT2D eigenvalue weighted by Gasteiger charge is -2.20. The van der Waals surface area contributed by atoms with Gasteiger partial charge in [-0.1, -0.05) is 24.6 Å². The van der Waals surface area contributed by atoms with Crippen molar-refractivity contribution in [3.8, 4) is 6.07 Å². The Morgan fingerprint density at radius 2 is 2.08 bits per heavy atom. The van der Waals surface area contributed by atoms with Gasteiger partial charge in [0.15, 0.2) is 22.5 Å². The number of benzene rings is 1. The number of nitrogens with zero attached hydrogens (tertiary/aromatic N) is 5. The second-order valence-corrected chi connectivity index (χ2v) is 8.33. The summed E-state index contributed by atoms with van der Waals surface area (Å²) in [7, 11) is 0. The van der Waals surface area contributed by atoms with E-state index in [0.717, 1.165) is 23.9 Å². The number of nitro groups is 1. The summed E-state index contributed by atoms with van der Waals surface area (Å²) in [6.45, 7) is 0. The van der Waals surface area contributed by atoms with E-state index in [-0.39, 0.29) is 48.0 Å². The largest absolute Gasteiger partial charge is 0.416 e. The van der Waals surface area contributed by atoms with E-state index < -0.39 is 28.6 Å². The van der Waals surface area contributed by atoms with Gasteiger partial charge in [0.2, 0.25) is 5.95 Å². The summed E-state index contributed by atoms with van der Waals surface area (Å²) < 4.78 is 39.2. The molecule has 0 fully saturated rings. The van der Waals surface area contributed by atoms with E-state index in [1.807, 2.05) is 6.07 Å². The molecule has 1 aromatic heterocycles. The highest BCUT2D eigenvalue weighted by molar-refractivity contribution is 7.98. The molecule has 0 bridgehead atoms. The number of thioether (sulfide) groups is 1. The number of carbonyl (C=O) groups is 1. The van der Waals surface area contributed by atoms with Crippen molar-refractivity contribution in [2.24, 2.45) is 10.8 Å². The zero-order valence-corrected chi connectivity index (χ0v) is 19.9. The second-order valence-electron chi connectivity index (χ2n) is 7.54. The molecular formula is C21H23F3N8O3S. The number of hydrogen-bond acceptors (Lipinski definition) is 9. The van der Waals surface area contributed by atoms with Crippen LogP contribution in [0, 0.1) is 21.4 Å². The summed E-state index contributed by atoms with van der Waals surface area (Å²) in [6, 6.07) is 5.45. The van der Waals surface area contributed by atoms with Crippen LogP contribution in [0.5, 0.6) is 0 Å². The van der Waals surface area contributed by atoms with E-state index in [9.17, 15) is 33.3 Å². The van der Waals surface area contributed by atoms with Crippen LogP contribution in [-0.4, -0.2) is 38.9 Å². The quantitative estimate of drug-likeness (QED) is 0.0706. The highest BCUT2D eigenvalue weighted by Gasteiger charge is 2.31. The number of aromatic nitrogens is 2. The Kier molecular flexibility index (Phi) is 9.97. The third kappa shape index (κ3) is 8.38. The molecule has 5 N–H and O–H groups in total. The molecule has 0 unspecified atom stereocenters. The van der Waals surface area contributed by atoms with Crippen molar-refractivity contribution in [2.75, 3.05) is 17.3 Å². The van der Waals surface area contributed by atoms with E-state index in [1.165, 1.54) is 12.1 Å². The number of halogens is 3. The molecule has 0 aliphatic rings. The average molecular weight is 525 g/mol. The summed E-state index contributed by atoms with van der Waals surface area (Å²) in [4.78, 5) is 31.6. The third-order valence-electron chi connectivity index (χ3n) is 4.92. The molecule has 0 aliphatic carbocycles. The van der Waals surface area contributed by atoms with Crippen LogP contribution in [0.25, 0.3) is 0 Å². The van der Waals surface area contributed by atoms with Crippen molar-refractivity contribution in [3.05, 3.63) is 51.1 Å². The van der Waals surface area contributed by atoms with Crippen molar-refractivity contribution in [3.63, 3.8) is 0 Å². The van der Waals surface area contributed by atoms with Crippen LogP contribution in [-0.2, 0) is 17.4 Å². The van der Waals surface area contributed by atoms with Crippen molar-refractivity contribution in [2.45, 2.75) is 49.3 Å². The van der Waals surface area contributed by atoms with Crippen molar-refractivity contribution >= 4 is 35.1 Å². The maximum Gasteiger partial charge on any atom is 0.416 e. The number of hydrazone groups is 1. The molecule has 0 spiro atoms. The first kappa shape index (κ1) is 28.3. The number of nitrogens with one attached hydrogen (secondary N) is 1. The van der Waals surface area contributed by atoms with E-state index >= 15 is 0 Å². The summed E-state index contributed by atoms with van der Waals surface area (Å²) >= 11 is 1.15. The van der Waals surface area contributed by atoms with Crippen molar-refractivity contribution in [1.29, 1.82) is 5.26 Å². The topological polar surface area (TPSA) is 186 Å². The van der Waals surface area contributed by atoms with Crippen LogP contribution in [0.15, 0.2) is 34.4 Å². The predicted octanol–water partition coefficient (Wildman–Crippen LogP) is 3.37. The number of nitriles is 1. The number of amidine groups is 1. The number of unbranched alkanes of at least 4 members (excludes halogenated alkanes) is 1. The first-order valence-electron chi connectivity index (χ1n) is 10.5. The smallest absolute Gasteiger partial charge is 0.382 e. The van der Waals surface area contributed by atoms with Gasteiger partial charge in [-0.2, -0.15) is 23.4 Å². The molecule has 36 heavy (non-hydrogen) atoms. The fourth-order valence-electron chi connectivity index (χ4n) is 3.28. The molecule has 15 heteroatoms. The molecular weight excluding hydrogens is 501 g/mol. The highest BCUT2D eigenvalue weighted by Crippen LogP contribution is 2.30. The molecule has 1 aromatic carbocycles. The lowest BCUT2D eigenvalue weighted by atomic mass is 9.97. The van der Waals surface area contributed by atoms with Crippen LogP contribution in [0.4, 0.5) is 24.9 Å². The average Bonchev–Trinajstić information content (AvgIpc) is 2.79. The van der Waals surface area contributed by atoms with Gasteiger partial charge in [-0.25, -0.2) is 15.1 Å². The number of rotatable bonds is 12. The summed E-state index contributed by atoms with van der Waals surface area (Å²) in [5.74, 6) is -0.743. The Labute approximate surface area is 208 Å². The van der Waals surface area contributed by atoms with Gasteiger partial charge in [0.05, 0.1) is 16.7 Å². The number of Topliss-reactive ketones (excluding diaryl/α,β-unsaturated/α-hetero) is 1. The van der Waals surface area contributed by atoms with Crippen LogP contribution < -0.4 is 16.8 Å². The molecule has 0 saturated carbocycles. The maximum atomic E-state index is 13.1. The van der Waals surface area contributed by atoms with Crippen LogP contribution in [0.3, 0.4) is 0 Å². The van der Waals surface area contributed by atoms with Crippen molar-refractivity contribution < 1.29 is 23.0 Å². The zero-order valence-electron chi connectivity index (χ0n) is 19.1. The van der Waals surface area contributed by atoms with Gasteiger partial charge >= 0.3 is 6.18 Å². The molecule has 2 aromatic rings.